The van der Waals surface area contributed by atoms with Crippen molar-refractivity contribution in [2.75, 3.05) is 52.4 Å². The van der Waals surface area contributed by atoms with E-state index >= 15 is 0 Å². The van der Waals surface area contributed by atoms with Gasteiger partial charge in [0.05, 0.1) is 0 Å². The Morgan fingerprint density at radius 3 is 1.21 bits per heavy atom. The number of nitrogens with one attached hydrogen (secondary N) is 2. The first-order valence-corrected chi connectivity index (χ1v) is 13.2. The fraction of sp³-hybridized carbons (Fsp3) is 0.600. The van der Waals surface area contributed by atoms with Crippen molar-refractivity contribution in [3.8, 4) is 0 Å². The number of hydrogen-bond acceptors (Lipinski definition) is 4. The zero-order valence-electron chi connectivity index (χ0n) is 22.6. The summed E-state index contributed by atoms with van der Waals surface area (Å²) in [7, 11) is 0. The molecule has 1 aliphatic heterocycles. The minimum atomic E-state index is 0.204. The molecular weight excluding hydrogens is 416 g/mol. The lowest BCUT2D eigenvalue weighted by atomic mass is 9.86. The molecule has 0 aliphatic carbocycles. The molecule has 1 aliphatic rings. The lowest BCUT2D eigenvalue weighted by molar-refractivity contribution is 0.191. The molecule has 3 rings (SSSR count). The maximum Gasteiger partial charge on any atom is 0.0234 e. The first-order chi connectivity index (χ1) is 16.1. The van der Waals surface area contributed by atoms with Gasteiger partial charge in [0.2, 0.25) is 0 Å². The van der Waals surface area contributed by atoms with Gasteiger partial charge in [0, 0.05) is 65.4 Å². The third-order valence-corrected chi connectivity index (χ3v) is 6.87. The second-order valence-electron chi connectivity index (χ2n) is 11.9. The van der Waals surface area contributed by atoms with Gasteiger partial charge < -0.3 is 10.6 Å². The van der Waals surface area contributed by atoms with Gasteiger partial charge in [-0.3, -0.25) is 9.80 Å². The SMILES string of the molecule is CC(C)(C)c1ccc(CN2CCNCCNCCN(Cc3ccc(C(C)(C)C)cc3)CC2)cc1. The van der Waals surface area contributed by atoms with E-state index in [9.17, 15) is 0 Å². The van der Waals surface area contributed by atoms with Gasteiger partial charge >= 0.3 is 0 Å². The Kier molecular flexibility index (Phi) is 9.73. The van der Waals surface area contributed by atoms with Crippen molar-refractivity contribution in [1.29, 1.82) is 0 Å². The van der Waals surface area contributed by atoms with E-state index in [-0.39, 0.29) is 10.8 Å². The van der Waals surface area contributed by atoms with Crippen molar-refractivity contribution in [1.82, 2.24) is 20.4 Å². The summed E-state index contributed by atoms with van der Waals surface area (Å²) in [5.74, 6) is 0. The molecule has 0 amide bonds. The summed E-state index contributed by atoms with van der Waals surface area (Å²) in [5.41, 5.74) is 6.04. The fourth-order valence-corrected chi connectivity index (χ4v) is 4.46. The van der Waals surface area contributed by atoms with E-state index in [1.807, 2.05) is 0 Å². The van der Waals surface area contributed by atoms with E-state index < -0.39 is 0 Å². The van der Waals surface area contributed by atoms with Crippen LogP contribution in [0.2, 0.25) is 0 Å². The lowest BCUT2D eigenvalue weighted by Crippen LogP contribution is -2.43. The molecule has 1 saturated heterocycles. The topological polar surface area (TPSA) is 30.5 Å². The molecular formula is C30H48N4. The van der Waals surface area contributed by atoms with Gasteiger partial charge in [-0.25, -0.2) is 0 Å². The van der Waals surface area contributed by atoms with Crippen LogP contribution in [0.5, 0.6) is 0 Å². The summed E-state index contributed by atoms with van der Waals surface area (Å²) in [6.45, 7) is 24.2. The molecule has 0 radical (unpaired) electrons. The molecule has 188 valence electrons. The normalized spacial score (nSPS) is 18.3. The summed E-state index contributed by atoms with van der Waals surface area (Å²) >= 11 is 0. The maximum atomic E-state index is 3.60. The Balaban J connectivity index is 1.64. The van der Waals surface area contributed by atoms with Crippen molar-refractivity contribution in [2.24, 2.45) is 0 Å². The van der Waals surface area contributed by atoms with Crippen molar-refractivity contribution < 1.29 is 0 Å². The van der Waals surface area contributed by atoms with Crippen molar-refractivity contribution in [2.45, 2.75) is 65.5 Å². The van der Waals surface area contributed by atoms with Crippen LogP contribution in [0.4, 0.5) is 0 Å². The molecule has 0 aromatic heterocycles. The average Bonchev–Trinajstić information content (AvgIpc) is 2.77. The van der Waals surface area contributed by atoms with E-state index in [2.05, 4.69) is 111 Å². The van der Waals surface area contributed by atoms with Crippen molar-refractivity contribution in [3.05, 3.63) is 70.8 Å². The quantitative estimate of drug-likeness (QED) is 0.682. The van der Waals surface area contributed by atoms with Gasteiger partial charge in [-0.2, -0.15) is 0 Å². The zero-order valence-corrected chi connectivity index (χ0v) is 22.6. The molecule has 0 unspecified atom stereocenters. The second-order valence-corrected chi connectivity index (χ2v) is 11.9. The fourth-order valence-electron chi connectivity index (χ4n) is 4.46. The summed E-state index contributed by atoms with van der Waals surface area (Å²) in [5, 5.41) is 7.20. The van der Waals surface area contributed by atoms with Crippen LogP contribution in [-0.2, 0) is 23.9 Å². The van der Waals surface area contributed by atoms with Gasteiger partial charge in [0.25, 0.3) is 0 Å². The lowest BCUT2D eigenvalue weighted by Gasteiger charge is -2.29. The molecule has 34 heavy (non-hydrogen) atoms. The monoisotopic (exact) mass is 464 g/mol. The van der Waals surface area contributed by atoms with E-state index in [0.29, 0.717) is 0 Å². The summed E-state index contributed by atoms with van der Waals surface area (Å²) in [6, 6.07) is 18.5. The Labute approximate surface area is 209 Å². The number of rotatable bonds is 4. The molecule has 4 heteroatoms. The van der Waals surface area contributed by atoms with E-state index in [1.54, 1.807) is 0 Å². The minimum Gasteiger partial charge on any atom is -0.314 e. The summed E-state index contributed by atoms with van der Waals surface area (Å²) < 4.78 is 0. The molecule has 0 atom stereocenters. The third-order valence-electron chi connectivity index (χ3n) is 6.87. The average molecular weight is 465 g/mol. The van der Waals surface area contributed by atoms with Crippen molar-refractivity contribution >= 4 is 0 Å². The highest BCUT2D eigenvalue weighted by atomic mass is 15.2. The highest BCUT2D eigenvalue weighted by Gasteiger charge is 2.16. The highest BCUT2D eigenvalue weighted by Crippen LogP contribution is 2.23. The molecule has 0 saturated carbocycles. The highest BCUT2D eigenvalue weighted by molar-refractivity contribution is 5.28. The predicted molar refractivity (Wildman–Crippen MR) is 147 cm³/mol. The minimum absolute atomic E-state index is 0.204. The van der Waals surface area contributed by atoms with E-state index in [0.717, 1.165) is 65.4 Å². The predicted octanol–water partition coefficient (Wildman–Crippen LogP) is 4.78. The Morgan fingerprint density at radius 2 is 0.882 bits per heavy atom. The van der Waals surface area contributed by atoms with Gasteiger partial charge in [-0.1, -0.05) is 90.1 Å². The van der Waals surface area contributed by atoms with Crippen LogP contribution in [0, 0.1) is 0 Å². The van der Waals surface area contributed by atoms with Crippen LogP contribution in [0.1, 0.15) is 63.8 Å². The van der Waals surface area contributed by atoms with Gasteiger partial charge in [0.15, 0.2) is 0 Å². The summed E-state index contributed by atoms with van der Waals surface area (Å²) in [4.78, 5) is 5.23. The zero-order chi connectivity index (χ0) is 24.6. The van der Waals surface area contributed by atoms with Crippen LogP contribution < -0.4 is 10.6 Å². The van der Waals surface area contributed by atoms with Crippen LogP contribution in [0.15, 0.2) is 48.5 Å². The van der Waals surface area contributed by atoms with Gasteiger partial charge in [-0.05, 0) is 33.1 Å². The van der Waals surface area contributed by atoms with E-state index in [1.165, 1.54) is 22.3 Å². The third kappa shape index (κ3) is 8.81. The van der Waals surface area contributed by atoms with Crippen LogP contribution in [0.3, 0.4) is 0 Å². The maximum absolute atomic E-state index is 3.60. The van der Waals surface area contributed by atoms with Gasteiger partial charge in [-0.15, -0.1) is 0 Å². The molecule has 2 aromatic rings. The number of hydrogen-bond donors (Lipinski definition) is 2. The Bertz CT molecular complexity index is 770. The molecule has 0 spiro atoms. The molecule has 4 nitrogen and oxygen atoms in total. The molecule has 0 bridgehead atoms. The Morgan fingerprint density at radius 1 is 0.529 bits per heavy atom. The first kappa shape index (κ1) is 26.9. The van der Waals surface area contributed by atoms with Crippen molar-refractivity contribution in [3.63, 3.8) is 0 Å². The first-order valence-electron chi connectivity index (χ1n) is 13.2. The smallest absolute Gasteiger partial charge is 0.0234 e. The van der Waals surface area contributed by atoms with Gasteiger partial charge in [0.1, 0.15) is 0 Å². The molecule has 1 heterocycles. The molecule has 2 aromatic carbocycles. The number of nitrogens with zero attached hydrogens (tertiary/aromatic N) is 2. The van der Waals surface area contributed by atoms with Crippen LogP contribution in [-0.4, -0.2) is 62.2 Å². The Hall–Kier alpha value is -1.72. The standard InChI is InChI=1S/C30H48N4/c1-29(2,3)27-11-7-25(8-12-27)23-33-19-17-31-15-16-32-18-20-34(22-21-33)24-26-9-13-28(14-10-26)30(4,5)6/h7-14,31-32H,15-24H2,1-6H3. The molecule has 1 fully saturated rings. The van der Waals surface area contributed by atoms with E-state index in [4.69, 9.17) is 0 Å². The molecule has 2 N–H and O–H groups in total. The second kappa shape index (κ2) is 12.3. The number of benzene rings is 2. The largest absolute Gasteiger partial charge is 0.314 e. The van der Waals surface area contributed by atoms with Crippen LogP contribution in [0.25, 0.3) is 0 Å². The summed E-state index contributed by atoms with van der Waals surface area (Å²) in [6.07, 6.45) is 0. The van der Waals surface area contributed by atoms with Crippen LogP contribution >= 0.6 is 0 Å².